The van der Waals surface area contributed by atoms with Crippen molar-refractivity contribution in [3.05, 3.63) is 11.6 Å². The molecule has 148 valence electrons. The number of nitrogens with one attached hydrogen (secondary N) is 1. The van der Waals surface area contributed by atoms with E-state index in [0.29, 0.717) is 18.3 Å². The largest absolute Gasteiger partial charge is 0.347 e. The highest BCUT2D eigenvalue weighted by molar-refractivity contribution is 5.91. The Morgan fingerprint density at radius 3 is 2.59 bits per heavy atom. The molecule has 0 aromatic carbocycles. The van der Waals surface area contributed by atoms with Crippen LogP contribution >= 0.6 is 0 Å². The van der Waals surface area contributed by atoms with Gasteiger partial charge in [0.2, 0.25) is 11.7 Å². The number of carbonyl (C=O) groups is 2. The molecule has 0 bridgehead atoms. The summed E-state index contributed by atoms with van der Waals surface area (Å²) < 4.78 is 2.04. The Balaban J connectivity index is 1.51. The lowest BCUT2D eigenvalue weighted by molar-refractivity contribution is -0.136. The molecule has 1 saturated carbocycles. The minimum atomic E-state index is -0.208. The number of hydrogen-bond donors (Lipinski definition) is 1. The average molecular weight is 374 g/mol. The molecule has 1 unspecified atom stereocenters. The Morgan fingerprint density at radius 2 is 1.89 bits per heavy atom. The van der Waals surface area contributed by atoms with Gasteiger partial charge in [0.1, 0.15) is 5.82 Å². The SMILES string of the molecule is CC1CCC(C(=O)N2CCC3(CCc4nnc(C(=O)NC(C)C)n43)C2)CC1. The van der Waals surface area contributed by atoms with E-state index in [1.54, 1.807) is 0 Å². The molecule has 2 fully saturated rings. The Bertz CT molecular complexity index is 735. The van der Waals surface area contributed by atoms with Crippen molar-refractivity contribution in [1.29, 1.82) is 0 Å². The van der Waals surface area contributed by atoms with Crippen LogP contribution in [0, 0.1) is 11.8 Å². The van der Waals surface area contributed by atoms with Crippen molar-refractivity contribution in [3.8, 4) is 0 Å². The molecule has 1 N–H and O–H groups in total. The number of rotatable bonds is 3. The summed E-state index contributed by atoms with van der Waals surface area (Å²) in [5.74, 6) is 2.35. The highest BCUT2D eigenvalue weighted by Gasteiger charge is 2.49. The minimum Gasteiger partial charge on any atom is -0.347 e. The molecular weight excluding hydrogens is 342 g/mol. The van der Waals surface area contributed by atoms with E-state index in [2.05, 4.69) is 22.4 Å². The summed E-state index contributed by atoms with van der Waals surface area (Å²) in [5, 5.41) is 11.4. The number of fused-ring (bicyclic) bond motifs is 2. The number of amides is 2. The van der Waals surface area contributed by atoms with E-state index < -0.39 is 0 Å². The summed E-state index contributed by atoms with van der Waals surface area (Å²) >= 11 is 0. The van der Waals surface area contributed by atoms with Gasteiger partial charge >= 0.3 is 0 Å². The summed E-state index contributed by atoms with van der Waals surface area (Å²) in [6.45, 7) is 7.62. The van der Waals surface area contributed by atoms with Gasteiger partial charge in [0.05, 0.1) is 5.54 Å². The molecule has 7 nitrogen and oxygen atoms in total. The molecule has 2 aliphatic heterocycles. The van der Waals surface area contributed by atoms with Gasteiger partial charge in [-0.25, -0.2) is 0 Å². The predicted octanol–water partition coefficient (Wildman–Crippen LogP) is 2.12. The van der Waals surface area contributed by atoms with Crippen LogP contribution in [0.4, 0.5) is 0 Å². The molecule has 1 aliphatic carbocycles. The highest BCUT2D eigenvalue weighted by Crippen LogP contribution is 2.41. The molecule has 3 heterocycles. The summed E-state index contributed by atoms with van der Waals surface area (Å²) in [7, 11) is 0. The molecule has 7 heteroatoms. The number of aromatic nitrogens is 3. The average Bonchev–Trinajstić information content (AvgIpc) is 3.32. The van der Waals surface area contributed by atoms with E-state index in [4.69, 9.17) is 0 Å². The Hall–Kier alpha value is -1.92. The van der Waals surface area contributed by atoms with Crippen LogP contribution in [-0.4, -0.2) is 50.6 Å². The van der Waals surface area contributed by atoms with Crippen LogP contribution < -0.4 is 5.32 Å². The second-order valence-corrected chi connectivity index (χ2v) is 9.09. The normalized spacial score (nSPS) is 30.1. The van der Waals surface area contributed by atoms with Gasteiger partial charge in [-0.3, -0.25) is 14.2 Å². The Labute approximate surface area is 160 Å². The van der Waals surface area contributed by atoms with Gasteiger partial charge in [-0.15, -0.1) is 10.2 Å². The van der Waals surface area contributed by atoms with Crippen molar-refractivity contribution < 1.29 is 9.59 Å². The van der Waals surface area contributed by atoms with E-state index in [1.807, 2.05) is 23.3 Å². The number of hydrogen-bond acceptors (Lipinski definition) is 4. The number of carbonyl (C=O) groups excluding carboxylic acids is 2. The van der Waals surface area contributed by atoms with Crippen LogP contribution in [-0.2, 0) is 16.8 Å². The van der Waals surface area contributed by atoms with E-state index in [-0.39, 0.29) is 23.4 Å². The lowest BCUT2D eigenvalue weighted by atomic mass is 9.82. The second-order valence-electron chi connectivity index (χ2n) is 9.09. The monoisotopic (exact) mass is 373 g/mol. The standard InChI is InChI=1S/C20H31N5O2/c1-13(2)21-18(26)17-23-22-16-8-9-20(25(16)17)10-11-24(12-20)19(27)15-6-4-14(3)5-7-15/h13-15H,4-12H2,1-3H3,(H,21,26). The van der Waals surface area contributed by atoms with E-state index in [0.717, 1.165) is 63.2 Å². The molecule has 4 rings (SSSR count). The van der Waals surface area contributed by atoms with Crippen molar-refractivity contribution in [2.75, 3.05) is 13.1 Å². The highest BCUT2D eigenvalue weighted by atomic mass is 16.2. The fourth-order valence-electron chi connectivity index (χ4n) is 5.10. The summed E-state index contributed by atoms with van der Waals surface area (Å²) in [6, 6.07) is 0.0538. The molecule has 2 amide bonds. The van der Waals surface area contributed by atoms with Crippen LogP contribution in [0.15, 0.2) is 0 Å². The summed E-state index contributed by atoms with van der Waals surface area (Å²) in [4.78, 5) is 27.7. The third-order valence-electron chi connectivity index (χ3n) is 6.65. The first kappa shape index (κ1) is 18.4. The van der Waals surface area contributed by atoms with Gasteiger partial charge in [-0.1, -0.05) is 6.92 Å². The third kappa shape index (κ3) is 3.25. The molecule has 1 spiro atoms. The van der Waals surface area contributed by atoms with Gasteiger partial charge in [0.15, 0.2) is 0 Å². The maximum Gasteiger partial charge on any atom is 0.289 e. The Morgan fingerprint density at radius 1 is 1.15 bits per heavy atom. The quantitative estimate of drug-likeness (QED) is 0.880. The Kier molecular flexibility index (Phi) is 4.72. The molecule has 1 atom stereocenters. The lowest BCUT2D eigenvalue weighted by Crippen LogP contribution is -2.42. The summed E-state index contributed by atoms with van der Waals surface area (Å²) in [5.41, 5.74) is -0.208. The first-order valence-corrected chi connectivity index (χ1v) is 10.4. The van der Waals surface area contributed by atoms with Crippen LogP contribution in [0.5, 0.6) is 0 Å². The predicted molar refractivity (Wildman–Crippen MR) is 101 cm³/mol. The fraction of sp³-hybridized carbons (Fsp3) is 0.800. The van der Waals surface area contributed by atoms with Crippen molar-refractivity contribution in [2.24, 2.45) is 11.8 Å². The smallest absolute Gasteiger partial charge is 0.289 e. The minimum absolute atomic E-state index is 0.0538. The molecule has 1 aromatic rings. The fourth-order valence-corrected chi connectivity index (χ4v) is 5.10. The number of nitrogens with zero attached hydrogens (tertiary/aromatic N) is 4. The van der Waals surface area contributed by atoms with E-state index >= 15 is 0 Å². The topological polar surface area (TPSA) is 80.1 Å². The molecule has 3 aliphatic rings. The lowest BCUT2D eigenvalue weighted by Gasteiger charge is -2.31. The second kappa shape index (κ2) is 6.91. The van der Waals surface area contributed by atoms with Crippen molar-refractivity contribution in [3.63, 3.8) is 0 Å². The van der Waals surface area contributed by atoms with Gasteiger partial charge in [-0.05, 0) is 58.3 Å². The van der Waals surface area contributed by atoms with Crippen molar-refractivity contribution in [1.82, 2.24) is 25.0 Å². The first-order valence-electron chi connectivity index (χ1n) is 10.4. The maximum atomic E-state index is 13.1. The molecule has 0 radical (unpaired) electrons. The zero-order valence-electron chi connectivity index (χ0n) is 16.7. The van der Waals surface area contributed by atoms with Gasteiger partial charge in [-0.2, -0.15) is 0 Å². The third-order valence-corrected chi connectivity index (χ3v) is 6.65. The van der Waals surface area contributed by atoms with Crippen LogP contribution in [0.1, 0.15) is 75.7 Å². The molecular formula is C20H31N5O2. The van der Waals surface area contributed by atoms with Gasteiger partial charge in [0.25, 0.3) is 5.91 Å². The zero-order valence-corrected chi connectivity index (χ0v) is 16.7. The van der Waals surface area contributed by atoms with Crippen LogP contribution in [0.3, 0.4) is 0 Å². The van der Waals surface area contributed by atoms with Crippen molar-refractivity contribution >= 4 is 11.8 Å². The van der Waals surface area contributed by atoms with E-state index in [9.17, 15) is 9.59 Å². The van der Waals surface area contributed by atoms with Gasteiger partial charge in [0, 0.05) is 31.5 Å². The van der Waals surface area contributed by atoms with Gasteiger partial charge < -0.3 is 10.2 Å². The maximum absolute atomic E-state index is 13.1. The molecule has 1 saturated heterocycles. The van der Waals surface area contributed by atoms with Crippen LogP contribution in [0.25, 0.3) is 0 Å². The molecule has 27 heavy (non-hydrogen) atoms. The van der Waals surface area contributed by atoms with E-state index in [1.165, 1.54) is 0 Å². The number of likely N-dealkylation sites (tertiary alicyclic amines) is 1. The number of aryl methyl sites for hydroxylation is 1. The summed E-state index contributed by atoms with van der Waals surface area (Å²) in [6.07, 6.45) is 6.99. The van der Waals surface area contributed by atoms with Crippen molar-refractivity contribution in [2.45, 2.75) is 77.3 Å². The van der Waals surface area contributed by atoms with Crippen LogP contribution in [0.2, 0.25) is 0 Å². The first-order chi connectivity index (χ1) is 12.9. The zero-order chi connectivity index (χ0) is 19.2. The molecule has 1 aromatic heterocycles.